The van der Waals surface area contributed by atoms with E-state index in [-0.39, 0.29) is 11.7 Å². The highest BCUT2D eigenvalue weighted by atomic mass is 35.5. The minimum Gasteiger partial charge on any atom is -0.508 e. The summed E-state index contributed by atoms with van der Waals surface area (Å²) in [6, 6.07) is 4.86. The van der Waals surface area contributed by atoms with Crippen LogP contribution in [0.5, 0.6) is 5.75 Å². The second kappa shape index (κ2) is 6.07. The number of nitrogens with one attached hydrogen (secondary N) is 2. The van der Waals surface area contributed by atoms with Crippen LogP contribution in [0.3, 0.4) is 0 Å². The number of carbonyl (C=O) groups is 1. The summed E-state index contributed by atoms with van der Waals surface area (Å²) >= 11 is 5.91. The first-order valence-corrected chi connectivity index (χ1v) is 6.54. The molecule has 0 unspecified atom stereocenters. The number of rotatable bonds is 4. The SMILES string of the molecule is O=C(NCC[C@@H]1CCCN1)c1cc(O)ccc1Cl. The second-order valence-electron chi connectivity index (χ2n) is 4.50. The van der Waals surface area contributed by atoms with Gasteiger partial charge in [-0.1, -0.05) is 11.6 Å². The molecule has 1 heterocycles. The molecule has 0 spiro atoms. The lowest BCUT2D eigenvalue weighted by Gasteiger charge is -2.11. The van der Waals surface area contributed by atoms with Crippen LogP contribution < -0.4 is 10.6 Å². The van der Waals surface area contributed by atoms with E-state index in [1.807, 2.05) is 0 Å². The topological polar surface area (TPSA) is 61.4 Å². The lowest BCUT2D eigenvalue weighted by Crippen LogP contribution is -2.30. The van der Waals surface area contributed by atoms with Crippen molar-refractivity contribution in [1.29, 1.82) is 0 Å². The first-order valence-electron chi connectivity index (χ1n) is 6.17. The molecule has 18 heavy (non-hydrogen) atoms. The molecule has 1 aromatic rings. The van der Waals surface area contributed by atoms with Crippen molar-refractivity contribution in [3.8, 4) is 5.75 Å². The summed E-state index contributed by atoms with van der Waals surface area (Å²) in [5, 5.41) is 15.9. The van der Waals surface area contributed by atoms with Crippen molar-refractivity contribution in [1.82, 2.24) is 10.6 Å². The molecule has 1 atom stereocenters. The predicted molar refractivity (Wildman–Crippen MR) is 71.1 cm³/mol. The van der Waals surface area contributed by atoms with Crippen molar-refractivity contribution in [2.45, 2.75) is 25.3 Å². The number of hydrogen-bond donors (Lipinski definition) is 3. The van der Waals surface area contributed by atoms with Crippen molar-refractivity contribution in [3.05, 3.63) is 28.8 Å². The summed E-state index contributed by atoms with van der Waals surface area (Å²) in [4.78, 5) is 11.9. The fraction of sp³-hybridized carbons (Fsp3) is 0.462. The number of carbonyl (C=O) groups excluding carboxylic acids is 1. The lowest BCUT2D eigenvalue weighted by molar-refractivity contribution is 0.0952. The van der Waals surface area contributed by atoms with Gasteiger partial charge in [-0.15, -0.1) is 0 Å². The Balaban J connectivity index is 1.85. The van der Waals surface area contributed by atoms with E-state index in [4.69, 9.17) is 11.6 Å². The number of halogens is 1. The molecule has 98 valence electrons. The lowest BCUT2D eigenvalue weighted by atomic mass is 10.1. The monoisotopic (exact) mass is 268 g/mol. The van der Waals surface area contributed by atoms with E-state index in [1.165, 1.54) is 31.0 Å². The molecule has 5 heteroatoms. The fourth-order valence-corrected chi connectivity index (χ4v) is 2.35. The van der Waals surface area contributed by atoms with Crippen LogP contribution in [0, 0.1) is 0 Å². The molecular formula is C13H17ClN2O2. The van der Waals surface area contributed by atoms with E-state index in [1.54, 1.807) is 0 Å². The van der Waals surface area contributed by atoms with Gasteiger partial charge in [0, 0.05) is 12.6 Å². The van der Waals surface area contributed by atoms with Crippen LogP contribution in [0.1, 0.15) is 29.6 Å². The Morgan fingerprint density at radius 3 is 3.11 bits per heavy atom. The van der Waals surface area contributed by atoms with Crippen molar-refractivity contribution in [2.75, 3.05) is 13.1 Å². The summed E-state index contributed by atoms with van der Waals surface area (Å²) in [5.41, 5.74) is 0.316. The highest BCUT2D eigenvalue weighted by molar-refractivity contribution is 6.33. The van der Waals surface area contributed by atoms with E-state index in [0.717, 1.165) is 13.0 Å². The number of benzene rings is 1. The zero-order valence-corrected chi connectivity index (χ0v) is 10.8. The van der Waals surface area contributed by atoms with Crippen LogP contribution in [0.25, 0.3) is 0 Å². The highest BCUT2D eigenvalue weighted by Gasteiger charge is 2.15. The maximum atomic E-state index is 11.9. The third kappa shape index (κ3) is 3.37. The van der Waals surface area contributed by atoms with Gasteiger partial charge >= 0.3 is 0 Å². The average Bonchev–Trinajstić information content (AvgIpc) is 2.85. The maximum Gasteiger partial charge on any atom is 0.252 e. The van der Waals surface area contributed by atoms with Crippen LogP contribution >= 0.6 is 11.6 Å². The van der Waals surface area contributed by atoms with Crippen molar-refractivity contribution in [3.63, 3.8) is 0 Å². The second-order valence-corrected chi connectivity index (χ2v) is 4.91. The number of phenols is 1. The first-order chi connectivity index (χ1) is 8.66. The molecule has 1 aliphatic heterocycles. The Kier molecular flexibility index (Phi) is 4.44. The van der Waals surface area contributed by atoms with Gasteiger partial charge in [-0.05, 0) is 44.0 Å². The van der Waals surface area contributed by atoms with E-state index in [2.05, 4.69) is 10.6 Å². The third-order valence-corrected chi connectivity index (χ3v) is 3.46. The molecule has 0 radical (unpaired) electrons. The van der Waals surface area contributed by atoms with Crippen LogP contribution in [-0.4, -0.2) is 30.1 Å². The van der Waals surface area contributed by atoms with Gasteiger partial charge in [0.25, 0.3) is 5.91 Å². The van der Waals surface area contributed by atoms with Gasteiger partial charge in [0.15, 0.2) is 0 Å². The van der Waals surface area contributed by atoms with E-state index >= 15 is 0 Å². The van der Waals surface area contributed by atoms with E-state index in [0.29, 0.717) is 23.2 Å². The van der Waals surface area contributed by atoms with Crippen LogP contribution in [0.4, 0.5) is 0 Å². The Bertz CT molecular complexity index is 431. The molecule has 0 saturated carbocycles. The Hall–Kier alpha value is -1.26. The van der Waals surface area contributed by atoms with Gasteiger partial charge in [-0.2, -0.15) is 0 Å². The maximum absolute atomic E-state index is 11.9. The summed E-state index contributed by atoms with van der Waals surface area (Å²) in [6.45, 7) is 1.68. The Morgan fingerprint density at radius 1 is 1.56 bits per heavy atom. The Morgan fingerprint density at radius 2 is 2.39 bits per heavy atom. The van der Waals surface area contributed by atoms with Gasteiger partial charge < -0.3 is 15.7 Å². The standard InChI is InChI=1S/C13H17ClN2O2/c14-12-4-3-10(17)8-11(12)13(18)16-7-5-9-2-1-6-15-9/h3-4,8-9,15,17H,1-2,5-7H2,(H,16,18)/t9-/m0/s1. The molecule has 0 aromatic heterocycles. The zero-order chi connectivity index (χ0) is 13.0. The molecular weight excluding hydrogens is 252 g/mol. The quantitative estimate of drug-likeness (QED) is 0.782. The smallest absolute Gasteiger partial charge is 0.252 e. The number of aromatic hydroxyl groups is 1. The van der Waals surface area contributed by atoms with Crippen LogP contribution in [0.15, 0.2) is 18.2 Å². The highest BCUT2D eigenvalue weighted by Crippen LogP contribution is 2.20. The number of phenolic OH excluding ortho intramolecular Hbond substituents is 1. The van der Waals surface area contributed by atoms with Gasteiger partial charge in [-0.3, -0.25) is 4.79 Å². The Labute approximate surface area is 111 Å². The van der Waals surface area contributed by atoms with E-state index < -0.39 is 0 Å². The number of hydrogen-bond acceptors (Lipinski definition) is 3. The summed E-state index contributed by atoms with van der Waals surface area (Å²) in [7, 11) is 0. The van der Waals surface area contributed by atoms with E-state index in [9.17, 15) is 9.90 Å². The number of amides is 1. The summed E-state index contributed by atoms with van der Waals surface area (Å²) in [6.07, 6.45) is 3.29. The normalized spacial score (nSPS) is 18.8. The molecule has 1 aliphatic rings. The van der Waals surface area contributed by atoms with Crippen molar-refractivity contribution < 1.29 is 9.90 Å². The van der Waals surface area contributed by atoms with Gasteiger partial charge in [0.05, 0.1) is 10.6 Å². The molecule has 1 amide bonds. The van der Waals surface area contributed by atoms with Gasteiger partial charge in [-0.25, -0.2) is 0 Å². The molecule has 1 fully saturated rings. The molecule has 2 rings (SSSR count). The predicted octanol–water partition coefficient (Wildman–Crippen LogP) is 1.92. The molecule has 1 saturated heterocycles. The summed E-state index contributed by atoms with van der Waals surface area (Å²) < 4.78 is 0. The van der Waals surface area contributed by atoms with Crippen molar-refractivity contribution in [2.24, 2.45) is 0 Å². The third-order valence-electron chi connectivity index (χ3n) is 3.14. The molecule has 0 aliphatic carbocycles. The molecule has 3 N–H and O–H groups in total. The first kappa shape index (κ1) is 13.2. The summed E-state index contributed by atoms with van der Waals surface area (Å²) in [5.74, 6) is -0.198. The molecule has 0 bridgehead atoms. The van der Waals surface area contributed by atoms with Crippen LogP contribution in [-0.2, 0) is 0 Å². The minimum atomic E-state index is -0.242. The van der Waals surface area contributed by atoms with Gasteiger partial charge in [0.1, 0.15) is 5.75 Å². The fourth-order valence-electron chi connectivity index (χ4n) is 2.15. The van der Waals surface area contributed by atoms with Gasteiger partial charge in [0.2, 0.25) is 0 Å². The average molecular weight is 269 g/mol. The minimum absolute atomic E-state index is 0.0435. The van der Waals surface area contributed by atoms with Crippen LogP contribution in [0.2, 0.25) is 5.02 Å². The zero-order valence-electron chi connectivity index (χ0n) is 10.1. The molecule has 1 aromatic carbocycles. The molecule has 4 nitrogen and oxygen atoms in total. The van der Waals surface area contributed by atoms with Crippen molar-refractivity contribution >= 4 is 17.5 Å². The largest absolute Gasteiger partial charge is 0.508 e.